The average Bonchev–Trinajstić information content (AvgIpc) is 3.24. The van der Waals surface area contributed by atoms with Gasteiger partial charge in [-0.1, -0.05) is 30.3 Å². The van der Waals surface area contributed by atoms with E-state index >= 15 is 0 Å². The van der Waals surface area contributed by atoms with Crippen LogP contribution in [0.3, 0.4) is 0 Å². The Hall–Kier alpha value is -2.20. The zero-order valence-corrected chi connectivity index (χ0v) is 12.8. The first-order chi connectivity index (χ1) is 10.8. The number of fused-ring (bicyclic) bond motifs is 1. The van der Waals surface area contributed by atoms with E-state index in [2.05, 4.69) is 6.07 Å². The lowest BCUT2D eigenvalue weighted by Crippen LogP contribution is -2.30. The number of hydrogen-bond acceptors (Lipinski definition) is 3. The van der Waals surface area contributed by atoms with Crippen molar-refractivity contribution in [2.75, 3.05) is 12.3 Å². The summed E-state index contributed by atoms with van der Waals surface area (Å²) >= 11 is 1.75. The average molecular weight is 309 g/mol. The Kier molecular flexibility index (Phi) is 3.39. The van der Waals surface area contributed by atoms with E-state index in [0.29, 0.717) is 0 Å². The van der Waals surface area contributed by atoms with Crippen LogP contribution < -0.4 is 0 Å². The standard InChI is InChI=1S/C18H15NO2S/c20-17(15-8-7-13-4-1-2-5-14(13)12-15)19-9-11-22-18(19)16-6-3-10-21-16/h1-8,10,12,18H,9,11H2. The predicted octanol–water partition coefficient (Wildman–Crippen LogP) is 4.32. The Balaban J connectivity index is 1.67. The van der Waals surface area contributed by atoms with E-state index in [4.69, 9.17) is 4.42 Å². The minimum Gasteiger partial charge on any atom is -0.466 e. The molecule has 1 atom stereocenters. The maximum atomic E-state index is 12.9. The Labute approximate surface area is 132 Å². The van der Waals surface area contributed by atoms with Gasteiger partial charge in [0.25, 0.3) is 5.91 Å². The van der Waals surface area contributed by atoms with Crippen LogP contribution >= 0.6 is 11.8 Å². The van der Waals surface area contributed by atoms with E-state index in [1.54, 1.807) is 18.0 Å². The molecule has 1 aliphatic rings. The summed E-state index contributed by atoms with van der Waals surface area (Å²) in [5, 5.41) is 2.22. The zero-order valence-electron chi connectivity index (χ0n) is 11.9. The monoisotopic (exact) mass is 309 g/mol. The van der Waals surface area contributed by atoms with Gasteiger partial charge in [-0.3, -0.25) is 4.79 Å². The third-order valence-electron chi connectivity index (χ3n) is 3.93. The van der Waals surface area contributed by atoms with Crippen LogP contribution in [-0.4, -0.2) is 23.1 Å². The van der Waals surface area contributed by atoms with Crippen molar-refractivity contribution in [3.8, 4) is 0 Å². The molecule has 0 saturated carbocycles. The molecule has 110 valence electrons. The van der Waals surface area contributed by atoms with Crippen molar-refractivity contribution in [2.24, 2.45) is 0 Å². The van der Waals surface area contributed by atoms with E-state index < -0.39 is 0 Å². The Morgan fingerprint density at radius 3 is 2.77 bits per heavy atom. The van der Waals surface area contributed by atoms with Gasteiger partial charge in [0.05, 0.1) is 6.26 Å². The molecular formula is C18H15NO2S. The van der Waals surface area contributed by atoms with Crippen molar-refractivity contribution in [1.29, 1.82) is 0 Å². The molecule has 4 heteroatoms. The summed E-state index contributed by atoms with van der Waals surface area (Å²) in [7, 11) is 0. The first-order valence-electron chi connectivity index (χ1n) is 7.28. The van der Waals surface area contributed by atoms with Gasteiger partial charge in [-0.25, -0.2) is 0 Å². The first kappa shape index (κ1) is 13.5. The van der Waals surface area contributed by atoms with E-state index in [0.717, 1.165) is 34.4 Å². The molecule has 22 heavy (non-hydrogen) atoms. The second-order valence-corrected chi connectivity index (χ2v) is 6.49. The second kappa shape index (κ2) is 5.54. The number of thioether (sulfide) groups is 1. The van der Waals surface area contributed by atoms with Gasteiger partial charge in [-0.15, -0.1) is 11.8 Å². The summed E-state index contributed by atoms with van der Waals surface area (Å²) in [4.78, 5) is 14.8. The molecule has 4 rings (SSSR count). The molecule has 0 spiro atoms. The summed E-state index contributed by atoms with van der Waals surface area (Å²) in [6.07, 6.45) is 1.66. The summed E-state index contributed by atoms with van der Waals surface area (Å²) in [6.45, 7) is 0.752. The van der Waals surface area contributed by atoms with Crippen molar-refractivity contribution < 1.29 is 9.21 Å². The van der Waals surface area contributed by atoms with Crippen LogP contribution in [0, 0.1) is 0 Å². The number of carbonyl (C=O) groups excluding carboxylic acids is 1. The summed E-state index contributed by atoms with van der Waals surface area (Å²) in [6, 6.07) is 17.8. The van der Waals surface area contributed by atoms with Crippen LogP contribution in [0.4, 0.5) is 0 Å². The Morgan fingerprint density at radius 2 is 1.95 bits per heavy atom. The van der Waals surface area contributed by atoms with Crippen molar-refractivity contribution in [3.63, 3.8) is 0 Å². The Morgan fingerprint density at radius 1 is 1.09 bits per heavy atom. The molecule has 1 aromatic heterocycles. The van der Waals surface area contributed by atoms with Crippen LogP contribution in [0.25, 0.3) is 10.8 Å². The smallest absolute Gasteiger partial charge is 0.255 e. The van der Waals surface area contributed by atoms with Crippen molar-refractivity contribution >= 4 is 28.4 Å². The highest BCUT2D eigenvalue weighted by Crippen LogP contribution is 2.39. The molecule has 0 N–H and O–H groups in total. The molecule has 3 nitrogen and oxygen atoms in total. The number of benzene rings is 2. The predicted molar refractivity (Wildman–Crippen MR) is 88.9 cm³/mol. The number of carbonyl (C=O) groups is 1. The molecule has 1 saturated heterocycles. The highest BCUT2D eigenvalue weighted by molar-refractivity contribution is 7.99. The van der Waals surface area contributed by atoms with E-state index in [9.17, 15) is 4.79 Å². The van der Waals surface area contributed by atoms with Gasteiger partial charge in [0.1, 0.15) is 11.1 Å². The van der Waals surface area contributed by atoms with E-state index in [1.165, 1.54) is 0 Å². The summed E-state index contributed by atoms with van der Waals surface area (Å²) in [5.74, 6) is 1.85. The van der Waals surface area contributed by atoms with Crippen LogP contribution in [0.2, 0.25) is 0 Å². The number of rotatable bonds is 2. The summed E-state index contributed by atoms with van der Waals surface area (Å²) < 4.78 is 5.49. The zero-order chi connectivity index (χ0) is 14.9. The topological polar surface area (TPSA) is 33.5 Å². The van der Waals surface area contributed by atoms with Crippen LogP contribution in [0.1, 0.15) is 21.5 Å². The second-order valence-electron chi connectivity index (χ2n) is 5.30. The fraction of sp³-hybridized carbons (Fsp3) is 0.167. The van der Waals surface area contributed by atoms with Crippen LogP contribution in [0.15, 0.2) is 65.3 Å². The van der Waals surface area contributed by atoms with Crippen LogP contribution in [-0.2, 0) is 0 Å². The van der Waals surface area contributed by atoms with Gasteiger partial charge in [0.2, 0.25) is 0 Å². The molecule has 2 heterocycles. The van der Waals surface area contributed by atoms with Gasteiger partial charge in [-0.05, 0) is 35.0 Å². The maximum Gasteiger partial charge on any atom is 0.255 e. The van der Waals surface area contributed by atoms with Gasteiger partial charge in [0.15, 0.2) is 0 Å². The molecule has 1 fully saturated rings. The number of amides is 1. The summed E-state index contributed by atoms with van der Waals surface area (Å²) in [5.41, 5.74) is 0.734. The molecule has 3 aromatic rings. The largest absolute Gasteiger partial charge is 0.466 e. The van der Waals surface area contributed by atoms with Crippen molar-refractivity contribution in [2.45, 2.75) is 5.37 Å². The minimum absolute atomic E-state index is 0.0195. The van der Waals surface area contributed by atoms with Gasteiger partial charge >= 0.3 is 0 Å². The van der Waals surface area contributed by atoms with E-state index in [1.807, 2.05) is 53.4 Å². The van der Waals surface area contributed by atoms with Gasteiger partial charge < -0.3 is 9.32 Å². The fourth-order valence-electron chi connectivity index (χ4n) is 2.83. The lowest BCUT2D eigenvalue weighted by atomic mass is 10.1. The molecular weight excluding hydrogens is 294 g/mol. The van der Waals surface area contributed by atoms with E-state index in [-0.39, 0.29) is 11.3 Å². The molecule has 1 amide bonds. The highest BCUT2D eigenvalue weighted by Gasteiger charge is 2.32. The molecule has 0 aliphatic carbocycles. The van der Waals surface area contributed by atoms with Gasteiger partial charge in [0, 0.05) is 17.9 Å². The number of nitrogens with zero attached hydrogens (tertiary/aromatic N) is 1. The third kappa shape index (κ3) is 2.29. The normalized spacial score (nSPS) is 18.0. The highest BCUT2D eigenvalue weighted by atomic mass is 32.2. The van der Waals surface area contributed by atoms with Crippen molar-refractivity contribution in [3.05, 3.63) is 72.2 Å². The number of furan rings is 1. The quantitative estimate of drug-likeness (QED) is 0.707. The SMILES string of the molecule is O=C(c1ccc2ccccc2c1)N1CCSC1c1ccco1. The third-order valence-corrected chi connectivity index (χ3v) is 5.16. The fourth-order valence-corrected chi connectivity index (χ4v) is 4.04. The maximum absolute atomic E-state index is 12.9. The van der Waals surface area contributed by atoms with Crippen LogP contribution in [0.5, 0.6) is 0 Å². The lowest BCUT2D eigenvalue weighted by Gasteiger charge is -2.22. The molecule has 2 aromatic carbocycles. The Bertz CT molecular complexity index is 813. The first-order valence-corrected chi connectivity index (χ1v) is 8.32. The van der Waals surface area contributed by atoms with Crippen molar-refractivity contribution in [1.82, 2.24) is 4.90 Å². The lowest BCUT2D eigenvalue weighted by molar-refractivity contribution is 0.0749. The molecule has 1 aliphatic heterocycles. The molecule has 1 unspecified atom stereocenters. The minimum atomic E-state index is -0.0195. The van der Waals surface area contributed by atoms with Gasteiger partial charge in [-0.2, -0.15) is 0 Å². The molecule has 0 bridgehead atoms. The molecule has 0 radical (unpaired) electrons. The number of hydrogen-bond donors (Lipinski definition) is 0.